The molecule has 2 rings (SSSR count). The highest BCUT2D eigenvalue weighted by Gasteiger charge is 2.05. The minimum Gasteiger partial charge on any atom is -0.384 e. The fraction of sp³-hybridized carbons (Fsp3) is 0.231. The number of nitrogen functional groups attached to an aromatic ring is 1. The van der Waals surface area contributed by atoms with Crippen LogP contribution in [0.2, 0.25) is 10.0 Å². The van der Waals surface area contributed by atoms with Gasteiger partial charge in [0.2, 0.25) is 0 Å². The Morgan fingerprint density at radius 1 is 1.15 bits per heavy atom. The molecule has 7 heteroatoms. The third kappa shape index (κ3) is 4.23. The molecule has 0 aliphatic carbocycles. The van der Waals surface area contributed by atoms with E-state index in [0.29, 0.717) is 40.7 Å². The van der Waals surface area contributed by atoms with E-state index in [4.69, 9.17) is 33.7 Å². The molecule has 0 bridgehead atoms. The largest absolute Gasteiger partial charge is 0.384 e. The molecule has 0 atom stereocenters. The van der Waals surface area contributed by atoms with Crippen LogP contribution >= 0.6 is 23.2 Å². The highest BCUT2D eigenvalue weighted by molar-refractivity contribution is 6.35. The van der Waals surface area contributed by atoms with Gasteiger partial charge in [0, 0.05) is 28.4 Å². The van der Waals surface area contributed by atoms with Gasteiger partial charge < -0.3 is 15.8 Å². The summed E-state index contributed by atoms with van der Waals surface area (Å²) in [5, 5.41) is 4.16. The summed E-state index contributed by atoms with van der Waals surface area (Å²) in [6.45, 7) is 2.80. The average molecular weight is 313 g/mol. The molecular weight excluding hydrogens is 299 g/mol. The van der Waals surface area contributed by atoms with Crippen molar-refractivity contribution in [3.63, 3.8) is 0 Å². The molecule has 0 aliphatic heterocycles. The molecule has 0 saturated carbocycles. The van der Waals surface area contributed by atoms with E-state index in [0.717, 1.165) is 5.69 Å². The van der Waals surface area contributed by atoms with Crippen molar-refractivity contribution in [2.24, 2.45) is 0 Å². The molecule has 0 aliphatic rings. The van der Waals surface area contributed by atoms with Crippen molar-refractivity contribution in [3.05, 3.63) is 40.1 Å². The molecular formula is C13H14Cl2N4O. The molecule has 1 aromatic carbocycles. The van der Waals surface area contributed by atoms with Crippen LogP contribution in [0.4, 0.5) is 17.3 Å². The highest BCUT2D eigenvalue weighted by atomic mass is 35.5. The van der Waals surface area contributed by atoms with Crippen LogP contribution in [0.1, 0.15) is 12.7 Å². The van der Waals surface area contributed by atoms with Crippen LogP contribution in [-0.2, 0) is 11.3 Å². The topological polar surface area (TPSA) is 73.1 Å². The summed E-state index contributed by atoms with van der Waals surface area (Å²) in [7, 11) is 0. The molecule has 0 saturated heterocycles. The predicted octanol–water partition coefficient (Wildman–Crippen LogP) is 3.65. The first kappa shape index (κ1) is 14.8. The van der Waals surface area contributed by atoms with E-state index in [1.807, 2.05) is 6.92 Å². The van der Waals surface area contributed by atoms with Crippen LogP contribution in [-0.4, -0.2) is 16.6 Å². The molecule has 5 nitrogen and oxygen atoms in total. The first-order valence-corrected chi connectivity index (χ1v) is 6.76. The number of nitrogens with zero attached hydrogens (tertiary/aromatic N) is 2. The second-order valence-electron chi connectivity index (χ2n) is 4.01. The van der Waals surface area contributed by atoms with Gasteiger partial charge in [0.1, 0.15) is 18.2 Å². The molecule has 0 amide bonds. The van der Waals surface area contributed by atoms with E-state index in [2.05, 4.69) is 15.3 Å². The number of nitrogens with two attached hydrogens (primary N) is 1. The van der Waals surface area contributed by atoms with E-state index in [-0.39, 0.29) is 0 Å². The molecule has 1 heterocycles. The Bertz CT molecular complexity index is 587. The lowest BCUT2D eigenvalue weighted by molar-refractivity contribution is 0.128. The van der Waals surface area contributed by atoms with Crippen molar-refractivity contribution in [2.45, 2.75) is 13.5 Å². The number of aromatic nitrogens is 2. The summed E-state index contributed by atoms with van der Waals surface area (Å²) in [5.41, 5.74) is 6.47. The van der Waals surface area contributed by atoms with Crippen LogP contribution < -0.4 is 11.1 Å². The van der Waals surface area contributed by atoms with Gasteiger partial charge in [-0.15, -0.1) is 0 Å². The fourth-order valence-corrected chi connectivity index (χ4v) is 2.14. The van der Waals surface area contributed by atoms with Crippen molar-refractivity contribution in [1.82, 2.24) is 9.97 Å². The Hall–Kier alpha value is -1.56. The van der Waals surface area contributed by atoms with Crippen LogP contribution in [0.15, 0.2) is 24.3 Å². The molecule has 0 fully saturated rings. The number of nitrogens with one attached hydrogen (secondary N) is 1. The van der Waals surface area contributed by atoms with Gasteiger partial charge in [-0.25, -0.2) is 9.97 Å². The quantitative estimate of drug-likeness (QED) is 0.881. The van der Waals surface area contributed by atoms with Gasteiger partial charge in [0.05, 0.1) is 0 Å². The van der Waals surface area contributed by atoms with Crippen molar-refractivity contribution in [1.29, 1.82) is 0 Å². The average Bonchev–Trinajstić information content (AvgIpc) is 2.34. The van der Waals surface area contributed by atoms with Crippen LogP contribution in [0.3, 0.4) is 0 Å². The maximum absolute atomic E-state index is 5.95. The number of anilines is 3. The first-order chi connectivity index (χ1) is 9.56. The van der Waals surface area contributed by atoms with Gasteiger partial charge in [0.25, 0.3) is 0 Å². The Balaban J connectivity index is 2.21. The summed E-state index contributed by atoms with van der Waals surface area (Å²) in [4.78, 5) is 8.41. The second kappa shape index (κ2) is 6.74. The number of halogens is 2. The van der Waals surface area contributed by atoms with Gasteiger partial charge in [-0.3, -0.25) is 0 Å². The zero-order valence-corrected chi connectivity index (χ0v) is 12.4. The second-order valence-corrected chi connectivity index (χ2v) is 4.89. The van der Waals surface area contributed by atoms with E-state index in [9.17, 15) is 0 Å². The Kier molecular flexibility index (Phi) is 5.00. The smallest absolute Gasteiger partial charge is 0.158 e. The highest BCUT2D eigenvalue weighted by Crippen LogP contribution is 2.25. The molecule has 1 aromatic heterocycles. The third-order valence-corrected chi connectivity index (χ3v) is 2.80. The van der Waals surface area contributed by atoms with Crippen molar-refractivity contribution in [3.8, 4) is 0 Å². The van der Waals surface area contributed by atoms with E-state index >= 15 is 0 Å². The van der Waals surface area contributed by atoms with E-state index in [1.54, 1.807) is 24.3 Å². The third-order valence-electron chi connectivity index (χ3n) is 2.36. The SMILES string of the molecule is CCOCc1nc(N)cc(Nc2cc(Cl)cc(Cl)c2)n1. The molecule has 0 unspecified atom stereocenters. The van der Waals surface area contributed by atoms with Crippen molar-refractivity contribution in [2.75, 3.05) is 17.7 Å². The summed E-state index contributed by atoms with van der Waals surface area (Å²) >= 11 is 11.9. The zero-order valence-electron chi connectivity index (χ0n) is 10.9. The lowest BCUT2D eigenvalue weighted by atomic mass is 10.3. The van der Waals surface area contributed by atoms with Crippen LogP contribution in [0, 0.1) is 0 Å². The summed E-state index contributed by atoms with van der Waals surface area (Å²) < 4.78 is 5.27. The van der Waals surface area contributed by atoms with Crippen LogP contribution in [0.25, 0.3) is 0 Å². The molecule has 106 valence electrons. The molecule has 2 aromatic rings. The summed E-state index contributed by atoms with van der Waals surface area (Å²) in [5.74, 6) is 1.44. The molecule has 3 N–H and O–H groups in total. The Morgan fingerprint density at radius 3 is 2.50 bits per heavy atom. The molecule has 0 spiro atoms. The maximum Gasteiger partial charge on any atom is 0.158 e. The summed E-state index contributed by atoms with van der Waals surface area (Å²) in [6.07, 6.45) is 0. The number of hydrogen-bond donors (Lipinski definition) is 2. The van der Waals surface area contributed by atoms with Gasteiger partial charge in [-0.1, -0.05) is 23.2 Å². The number of hydrogen-bond acceptors (Lipinski definition) is 5. The normalized spacial score (nSPS) is 10.6. The molecule has 0 radical (unpaired) electrons. The number of rotatable bonds is 5. The molecule has 20 heavy (non-hydrogen) atoms. The monoisotopic (exact) mass is 312 g/mol. The number of benzene rings is 1. The van der Waals surface area contributed by atoms with Gasteiger partial charge in [-0.2, -0.15) is 0 Å². The van der Waals surface area contributed by atoms with Gasteiger partial charge >= 0.3 is 0 Å². The zero-order chi connectivity index (χ0) is 14.5. The van der Waals surface area contributed by atoms with Gasteiger partial charge in [0.15, 0.2) is 5.82 Å². The minimum atomic E-state index is 0.312. The van der Waals surface area contributed by atoms with Crippen LogP contribution in [0.5, 0.6) is 0 Å². The Labute approximate surface area is 127 Å². The lowest BCUT2D eigenvalue weighted by Gasteiger charge is -2.09. The summed E-state index contributed by atoms with van der Waals surface area (Å²) in [6, 6.07) is 6.77. The number of ether oxygens (including phenoxy) is 1. The van der Waals surface area contributed by atoms with Gasteiger partial charge in [-0.05, 0) is 25.1 Å². The van der Waals surface area contributed by atoms with Crippen molar-refractivity contribution >= 4 is 40.5 Å². The first-order valence-electron chi connectivity index (χ1n) is 6.01. The van der Waals surface area contributed by atoms with Crippen molar-refractivity contribution < 1.29 is 4.74 Å². The van der Waals surface area contributed by atoms with E-state index in [1.165, 1.54) is 0 Å². The standard InChI is InChI=1S/C13H14Cl2N4O/c1-2-20-7-13-18-11(16)6-12(19-13)17-10-4-8(14)3-9(15)5-10/h3-6H,2,7H2,1H3,(H3,16,17,18,19). The minimum absolute atomic E-state index is 0.312. The fourth-order valence-electron chi connectivity index (χ4n) is 1.61. The predicted molar refractivity (Wildman–Crippen MR) is 81.5 cm³/mol. The maximum atomic E-state index is 5.95. The lowest BCUT2D eigenvalue weighted by Crippen LogP contribution is -2.05. The van der Waals surface area contributed by atoms with E-state index < -0.39 is 0 Å². The Morgan fingerprint density at radius 2 is 1.85 bits per heavy atom.